The first kappa shape index (κ1) is 33.1. The number of fused-ring (bicyclic) bond motifs is 2. The maximum Gasteiger partial charge on any atom is 0.416 e. The van der Waals surface area contributed by atoms with Crippen LogP contribution < -0.4 is 5.32 Å². The Morgan fingerprint density at radius 1 is 1.14 bits per heavy atom. The number of hydrogen-bond acceptors (Lipinski definition) is 4. The molecule has 5 nitrogen and oxygen atoms in total. The lowest BCUT2D eigenvalue weighted by molar-refractivity contribution is -0.147. The van der Waals surface area contributed by atoms with Crippen LogP contribution in [0.5, 0.6) is 0 Å². The van der Waals surface area contributed by atoms with Crippen molar-refractivity contribution in [2.45, 2.75) is 117 Å². The molecule has 1 N–H and O–H groups in total. The third-order valence-corrected chi connectivity index (χ3v) is 10.7. The minimum atomic E-state index is -4.34. The number of piperazine rings is 1. The van der Waals surface area contributed by atoms with Crippen LogP contribution in [0.2, 0.25) is 0 Å². The molecular formula is C34H54F3N3O2. The lowest BCUT2D eigenvalue weighted by atomic mass is 9.73. The molecule has 6 unspecified atom stereocenters. The van der Waals surface area contributed by atoms with Gasteiger partial charge in [0.25, 0.3) is 0 Å². The lowest BCUT2D eigenvalue weighted by Crippen LogP contribution is -2.54. The second-order valence-electron chi connectivity index (χ2n) is 13.5. The zero-order valence-electron chi connectivity index (χ0n) is 26.5. The second-order valence-corrected chi connectivity index (χ2v) is 13.5. The van der Waals surface area contributed by atoms with E-state index in [4.69, 9.17) is 4.74 Å². The maximum absolute atomic E-state index is 14.3. The number of ether oxygens (including phenoxy) is 1. The predicted molar refractivity (Wildman–Crippen MR) is 163 cm³/mol. The zero-order valence-corrected chi connectivity index (χ0v) is 26.5. The van der Waals surface area contributed by atoms with Crippen LogP contribution in [0.25, 0.3) is 0 Å². The van der Waals surface area contributed by atoms with E-state index >= 15 is 0 Å². The molecule has 1 aliphatic carbocycles. The van der Waals surface area contributed by atoms with E-state index in [1.807, 2.05) is 13.0 Å². The summed E-state index contributed by atoms with van der Waals surface area (Å²) in [6, 6.07) is 0.931. The number of rotatable bonds is 12. The summed E-state index contributed by atoms with van der Waals surface area (Å²) >= 11 is 0. The van der Waals surface area contributed by atoms with Gasteiger partial charge in [-0.3, -0.25) is 4.79 Å². The quantitative estimate of drug-likeness (QED) is 0.242. The molecule has 4 fully saturated rings. The van der Waals surface area contributed by atoms with Crippen molar-refractivity contribution in [2.75, 3.05) is 32.8 Å². The van der Waals surface area contributed by atoms with Crippen LogP contribution in [0.3, 0.4) is 0 Å². The zero-order chi connectivity index (χ0) is 30.5. The molecule has 238 valence electrons. The molecular weight excluding hydrogens is 539 g/mol. The van der Waals surface area contributed by atoms with Crippen molar-refractivity contribution in [1.82, 2.24) is 15.1 Å². The Morgan fingerprint density at radius 2 is 1.88 bits per heavy atom. The molecule has 8 heteroatoms. The summed E-state index contributed by atoms with van der Waals surface area (Å²) in [7, 11) is 0. The number of halogens is 3. The van der Waals surface area contributed by atoms with Crippen molar-refractivity contribution < 1.29 is 22.7 Å². The number of alkyl halides is 3. The molecule has 1 saturated carbocycles. The first-order valence-corrected chi connectivity index (χ1v) is 16.5. The molecule has 0 aromatic rings. The van der Waals surface area contributed by atoms with Gasteiger partial charge in [0.15, 0.2) is 0 Å². The summed E-state index contributed by atoms with van der Waals surface area (Å²) in [6.45, 7) is 14.3. The molecule has 6 atom stereocenters. The van der Waals surface area contributed by atoms with Crippen LogP contribution in [0.4, 0.5) is 13.2 Å². The third-order valence-electron chi connectivity index (χ3n) is 10.7. The van der Waals surface area contributed by atoms with Crippen molar-refractivity contribution >= 4 is 5.91 Å². The average molecular weight is 594 g/mol. The Labute approximate surface area is 252 Å². The van der Waals surface area contributed by atoms with E-state index < -0.39 is 11.7 Å². The Balaban J connectivity index is 1.36. The van der Waals surface area contributed by atoms with Crippen LogP contribution in [0, 0.1) is 23.2 Å². The van der Waals surface area contributed by atoms with Gasteiger partial charge in [0.1, 0.15) is 0 Å². The largest absolute Gasteiger partial charge is 0.416 e. The SMILES string of the molecule is CC=C(C=CC=C(CC)N1CC2CC1CN2C(=O)C1(C(C)C)CCC(CNC2CCOCC2CCCC)C1)C(F)(F)F. The average Bonchev–Trinajstić information content (AvgIpc) is 3.70. The Bertz CT molecular complexity index is 1010. The fraction of sp³-hybridized carbons (Fsp3) is 0.794. The normalized spacial score (nSPS) is 32.6. The molecule has 4 rings (SSSR count). The molecule has 3 saturated heterocycles. The smallest absolute Gasteiger partial charge is 0.381 e. The van der Waals surface area contributed by atoms with Crippen molar-refractivity contribution in [1.29, 1.82) is 0 Å². The van der Waals surface area contributed by atoms with E-state index in [-0.39, 0.29) is 23.4 Å². The summed E-state index contributed by atoms with van der Waals surface area (Å²) in [5.41, 5.74) is 0.104. The fourth-order valence-electron chi connectivity index (χ4n) is 8.04. The molecule has 42 heavy (non-hydrogen) atoms. The highest BCUT2D eigenvalue weighted by Gasteiger charge is 2.54. The van der Waals surface area contributed by atoms with Crippen molar-refractivity contribution in [3.8, 4) is 0 Å². The summed E-state index contributed by atoms with van der Waals surface area (Å²) in [4.78, 5) is 18.8. The van der Waals surface area contributed by atoms with E-state index in [0.29, 0.717) is 30.3 Å². The van der Waals surface area contributed by atoms with E-state index in [0.717, 1.165) is 82.7 Å². The van der Waals surface area contributed by atoms with Gasteiger partial charge in [0.05, 0.1) is 23.6 Å². The number of allylic oxidation sites excluding steroid dienone is 6. The van der Waals surface area contributed by atoms with Gasteiger partial charge < -0.3 is 19.9 Å². The number of nitrogens with zero attached hydrogens (tertiary/aromatic N) is 2. The van der Waals surface area contributed by atoms with E-state index in [1.54, 1.807) is 0 Å². The van der Waals surface area contributed by atoms with Gasteiger partial charge in [0.2, 0.25) is 5.91 Å². The van der Waals surface area contributed by atoms with Gasteiger partial charge in [0, 0.05) is 37.5 Å². The Kier molecular flexibility index (Phi) is 11.3. The number of unbranched alkanes of at least 4 members (excludes halogenated alkanes) is 1. The highest BCUT2D eigenvalue weighted by Crippen LogP contribution is 2.50. The molecule has 3 heterocycles. The van der Waals surface area contributed by atoms with Crippen molar-refractivity contribution in [3.05, 3.63) is 35.6 Å². The number of likely N-dealkylation sites (tertiary alicyclic amines) is 2. The molecule has 0 radical (unpaired) electrons. The fourth-order valence-corrected chi connectivity index (χ4v) is 8.04. The number of carbonyl (C=O) groups is 1. The molecule has 0 aromatic heterocycles. The highest BCUT2D eigenvalue weighted by atomic mass is 19.4. The summed E-state index contributed by atoms with van der Waals surface area (Å²) in [5.74, 6) is 1.73. The second kappa shape index (κ2) is 14.3. The van der Waals surface area contributed by atoms with E-state index in [2.05, 4.69) is 35.9 Å². The molecule has 3 aliphatic heterocycles. The van der Waals surface area contributed by atoms with Gasteiger partial charge in [-0.1, -0.05) is 58.8 Å². The van der Waals surface area contributed by atoms with E-state index in [9.17, 15) is 18.0 Å². The number of amides is 1. The van der Waals surface area contributed by atoms with Gasteiger partial charge in [-0.15, -0.1) is 0 Å². The minimum Gasteiger partial charge on any atom is -0.381 e. The topological polar surface area (TPSA) is 44.8 Å². The molecule has 1 amide bonds. The van der Waals surface area contributed by atoms with Gasteiger partial charge in [-0.2, -0.15) is 13.2 Å². The highest BCUT2D eigenvalue weighted by molar-refractivity contribution is 5.84. The molecule has 2 bridgehead atoms. The van der Waals surface area contributed by atoms with Crippen LogP contribution in [-0.4, -0.2) is 72.9 Å². The summed E-state index contributed by atoms with van der Waals surface area (Å²) in [5, 5.41) is 3.91. The van der Waals surface area contributed by atoms with Gasteiger partial charge in [-0.25, -0.2) is 0 Å². The van der Waals surface area contributed by atoms with Crippen LogP contribution in [0.15, 0.2) is 35.6 Å². The first-order chi connectivity index (χ1) is 20.0. The molecule has 0 aromatic carbocycles. The predicted octanol–water partition coefficient (Wildman–Crippen LogP) is 7.26. The standard InChI is InChI=1S/C34H54F3N3O2/c1-6-9-11-26-23-42-17-15-31(26)38-20-25-14-16-33(19-25,24(4)5)32(41)40-22-29-18-30(40)21-39(29)28(8-3)13-10-12-27(7-2)34(35,36)37/h7,10,12-13,24-26,29-31,38H,6,8-9,11,14-23H2,1-5H3. The molecule has 4 aliphatic rings. The van der Waals surface area contributed by atoms with Crippen molar-refractivity contribution in [2.24, 2.45) is 23.2 Å². The van der Waals surface area contributed by atoms with Crippen LogP contribution in [0.1, 0.15) is 92.4 Å². The lowest BCUT2D eigenvalue weighted by Gasteiger charge is -2.42. The number of carbonyl (C=O) groups excluding carboxylic acids is 1. The number of hydrogen-bond donors (Lipinski definition) is 1. The van der Waals surface area contributed by atoms with E-state index in [1.165, 1.54) is 32.3 Å². The minimum absolute atomic E-state index is 0.178. The van der Waals surface area contributed by atoms with Crippen LogP contribution in [-0.2, 0) is 9.53 Å². The monoisotopic (exact) mass is 593 g/mol. The van der Waals surface area contributed by atoms with Crippen molar-refractivity contribution in [3.63, 3.8) is 0 Å². The van der Waals surface area contributed by atoms with Gasteiger partial charge >= 0.3 is 6.18 Å². The molecule has 0 spiro atoms. The maximum atomic E-state index is 14.3. The van der Waals surface area contributed by atoms with Gasteiger partial charge in [-0.05, 0) is 82.2 Å². The summed E-state index contributed by atoms with van der Waals surface area (Å²) in [6.07, 6.45) is 10.7. The summed E-state index contributed by atoms with van der Waals surface area (Å²) < 4.78 is 45.1. The Morgan fingerprint density at radius 3 is 2.50 bits per heavy atom. The van der Waals surface area contributed by atoms with Crippen LogP contribution >= 0.6 is 0 Å². The first-order valence-electron chi connectivity index (χ1n) is 16.5. The number of nitrogens with one attached hydrogen (secondary N) is 1. The third kappa shape index (κ3) is 7.28. The Hall–Kier alpha value is -1.80.